The van der Waals surface area contributed by atoms with Crippen LogP contribution in [0, 0.1) is 0 Å². The summed E-state index contributed by atoms with van der Waals surface area (Å²) in [6, 6.07) is 5.70. The van der Waals surface area contributed by atoms with Gasteiger partial charge in [0.1, 0.15) is 0 Å². The van der Waals surface area contributed by atoms with E-state index in [4.69, 9.17) is 4.42 Å². The van der Waals surface area contributed by atoms with Crippen LogP contribution in [0.1, 0.15) is 40.4 Å². The van der Waals surface area contributed by atoms with Crippen LogP contribution >= 0.6 is 15.9 Å². The molecule has 2 heterocycles. The number of hydrogen-bond acceptors (Lipinski definition) is 3. The molecular weight excluding hydrogens is 294 g/mol. The van der Waals surface area contributed by atoms with Crippen LogP contribution in [-0.2, 0) is 6.42 Å². The summed E-state index contributed by atoms with van der Waals surface area (Å²) in [6.45, 7) is 0. The number of carbonyl (C=O) groups is 1. The Bertz CT molecular complexity index is 591. The Morgan fingerprint density at radius 3 is 3.11 bits per heavy atom. The number of pyridine rings is 1. The fraction of sp³-hybridized carbons (Fsp3) is 0.286. The molecule has 2 aromatic rings. The summed E-state index contributed by atoms with van der Waals surface area (Å²) in [5.41, 5.74) is 2.74. The number of Topliss-reactive ketones (excluding diaryl/α,β-unsaturated/α-hetero) is 1. The molecule has 0 spiro atoms. The van der Waals surface area contributed by atoms with Crippen LogP contribution < -0.4 is 0 Å². The number of fused-ring (bicyclic) bond motifs is 1. The molecule has 18 heavy (non-hydrogen) atoms. The number of furan rings is 1. The minimum Gasteiger partial charge on any atom is -0.457 e. The molecule has 1 atom stereocenters. The first kappa shape index (κ1) is 11.7. The fourth-order valence-corrected chi connectivity index (χ4v) is 2.96. The van der Waals surface area contributed by atoms with E-state index in [-0.39, 0.29) is 11.7 Å². The van der Waals surface area contributed by atoms with E-state index in [2.05, 4.69) is 27.0 Å². The Balaban J connectivity index is 2.00. The van der Waals surface area contributed by atoms with Crippen LogP contribution in [-0.4, -0.2) is 10.8 Å². The average Bonchev–Trinajstić information content (AvgIpc) is 2.83. The predicted octanol–water partition coefficient (Wildman–Crippen LogP) is 3.74. The smallest absolute Gasteiger partial charge is 0.179 e. The molecule has 0 bridgehead atoms. The van der Waals surface area contributed by atoms with Gasteiger partial charge in [0.2, 0.25) is 0 Å². The maximum atomic E-state index is 12.5. The third-order valence-electron chi connectivity index (χ3n) is 3.40. The molecule has 0 saturated heterocycles. The van der Waals surface area contributed by atoms with Gasteiger partial charge in [-0.1, -0.05) is 6.07 Å². The van der Waals surface area contributed by atoms with Gasteiger partial charge >= 0.3 is 0 Å². The summed E-state index contributed by atoms with van der Waals surface area (Å²) in [5.74, 6) is -0.0425. The normalized spacial score (nSPS) is 18.4. The zero-order valence-electron chi connectivity index (χ0n) is 9.73. The predicted molar refractivity (Wildman–Crippen MR) is 70.7 cm³/mol. The molecule has 0 N–H and O–H groups in total. The molecule has 0 aliphatic heterocycles. The van der Waals surface area contributed by atoms with Crippen molar-refractivity contribution in [1.82, 2.24) is 4.98 Å². The molecule has 0 saturated carbocycles. The largest absolute Gasteiger partial charge is 0.457 e. The van der Waals surface area contributed by atoms with Crippen molar-refractivity contribution in [1.29, 1.82) is 0 Å². The molecular formula is C14H12BrNO2. The minimum atomic E-state index is -0.135. The van der Waals surface area contributed by atoms with E-state index in [1.807, 2.05) is 6.07 Å². The summed E-state index contributed by atoms with van der Waals surface area (Å²) in [7, 11) is 0. The van der Waals surface area contributed by atoms with Crippen molar-refractivity contribution >= 4 is 21.7 Å². The van der Waals surface area contributed by atoms with Gasteiger partial charge in [-0.15, -0.1) is 0 Å². The number of halogens is 1. The Hall–Kier alpha value is -1.42. The number of rotatable bonds is 2. The van der Waals surface area contributed by atoms with Crippen molar-refractivity contribution in [2.45, 2.75) is 25.2 Å². The quantitative estimate of drug-likeness (QED) is 0.794. The topological polar surface area (TPSA) is 43.1 Å². The SMILES string of the molecule is O=C(c1ccoc1Br)C1CCCc2cccnc21. The van der Waals surface area contributed by atoms with Gasteiger partial charge in [-0.05, 0) is 52.9 Å². The maximum absolute atomic E-state index is 12.5. The maximum Gasteiger partial charge on any atom is 0.179 e. The molecule has 92 valence electrons. The second-order valence-electron chi connectivity index (χ2n) is 4.46. The van der Waals surface area contributed by atoms with Gasteiger partial charge in [-0.2, -0.15) is 0 Å². The minimum absolute atomic E-state index is 0.0928. The molecule has 0 amide bonds. The van der Waals surface area contributed by atoms with Crippen molar-refractivity contribution in [3.63, 3.8) is 0 Å². The first-order valence-corrected chi connectivity index (χ1v) is 6.77. The zero-order chi connectivity index (χ0) is 12.5. The second-order valence-corrected chi connectivity index (χ2v) is 5.19. The van der Waals surface area contributed by atoms with Crippen LogP contribution in [0.25, 0.3) is 0 Å². The molecule has 3 nitrogen and oxygen atoms in total. The highest BCUT2D eigenvalue weighted by molar-refractivity contribution is 9.10. The summed E-state index contributed by atoms with van der Waals surface area (Å²) in [4.78, 5) is 16.9. The van der Waals surface area contributed by atoms with Crippen molar-refractivity contribution in [3.05, 3.63) is 52.1 Å². The van der Waals surface area contributed by atoms with Gasteiger partial charge in [0.05, 0.1) is 23.4 Å². The molecule has 4 heteroatoms. The molecule has 1 aliphatic carbocycles. The monoisotopic (exact) mass is 305 g/mol. The van der Waals surface area contributed by atoms with Crippen LogP contribution in [0.15, 0.2) is 39.7 Å². The highest BCUT2D eigenvalue weighted by Gasteiger charge is 2.30. The van der Waals surface area contributed by atoms with E-state index in [0.29, 0.717) is 10.2 Å². The Kier molecular flexibility index (Phi) is 3.04. The lowest BCUT2D eigenvalue weighted by Crippen LogP contribution is -2.20. The van der Waals surface area contributed by atoms with Gasteiger partial charge in [-0.25, -0.2) is 0 Å². The van der Waals surface area contributed by atoms with Crippen LogP contribution in [0.3, 0.4) is 0 Å². The van der Waals surface area contributed by atoms with Crippen molar-refractivity contribution in [2.75, 3.05) is 0 Å². The number of aryl methyl sites for hydroxylation is 1. The van der Waals surface area contributed by atoms with Gasteiger partial charge in [-0.3, -0.25) is 9.78 Å². The van der Waals surface area contributed by atoms with E-state index in [9.17, 15) is 4.79 Å². The van der Waals surface area contributed by atoms with E-state index < -0.39 is 0 Å². The van der Waals surface area contributed by atoms with Crippen LogP contribution in [0.5, 0.6) is 0 Å². The van der Waals surface area contributed by atoms with Gasteiger partial charge in [0.25, 0.3) is 0 Å². The molecule has 1 unspecified atom stereocenters. The first-order chi connectivity index (χ1) is 8.77. The highest BCUT2D eigenvalue weighted by atomic mass is 79.9. The third kappa shape index (κ3) is 1.90. The third-order valence-corrected chi connectivity index (χ3v) is 4.01. The van der Waals surface area contributed by atoms with Crippen molar-refractivity contribution in [2.24, 2.45) is 0 Å². The van der Waals surface area contributed by atoms with Gasteiger partial charge in [0.15, 0.2) is 10.5 Å². The summed E-state index contributed by atoms with van der Waals surface area (Å²) in [6.07, 6.45) is 6.19. The van der Waals surface area contributed by atoms with Crippen molar-refractivity contribution < 1.29 is 9.21 Å². The molecule has 2 aromatic heterocycles. The number of aromatic nitrogens is 1. The molecule has 0 aromatic carbocycles. The van der Waals surface area contributed by atoms with E-state index in [0.717, 1.165) is 25.0 Å². The molecule has 3 rings (SSSR count). The fourth-order valence-electron chi connectivity index (χ4n) is 2.52. The number of hydrogen-bond donors (Lipinski definition) is 0. The van der Waals surface area contributed by atoms with Crippen molar-refractivity contribution in [3.8, 4) is 0 Å². The van der Waals surface area contributed by atoms with Crippen LogP contribution in [0.4, 0.5) is 0 Å². The zero-order valence-corrected chi connectivity index (χ0v) is 11.3. The number of ketones is 1. The average molecular weight is 306 g/mol. The lowest BCUT2D eigenvalue weighted by Gasteiger charge is -2.22. The Morgan fingerprint density at radius 2 is 2.33 bits per heavy atom. The highest BCUT2D eigenvalue weighted by Crippen LogP contribution is 2.34. The Labute approximate surface area is 113 Å². The van der Waals surface area contributed by atoms with Crippen LogP contribution in [0.2, 0.25) is 0 Å². The van der Waals surface area contributed by atoms with E-state index >= 15 is 0 Å². The lowest BCUT2D eigenvalue weighted by atomic mass is 9.82. The molecule has 0 radical (unpaired) electrons. The second kappa shape index (κ2) is 4.69. The lowest BCUT2D eigenvalue weighted by molar-refractivity contribution is 0.0947. The van der Waals surface area contributed by atoms with Gasteiger partial charge in [0, 0.05) is 6.20 Å². The summed E-state index contributed by atoms with van der Waals surface area (Å²) >= 11 is 3.27. The standard InChI is InChI=1S/C14H12BrNO2/c15-14-11(6-8-18-14)13(17)10-5-1-3-9-4-2-7-16-12(9)10/h2,4,6-8,10H,1,3,5H2. The molecule has 1 aliphatic rings. The van der Waals surface area contributed by atoms with Gasteiger partial charge < -0.3 is 4.42 Å². The number of nitrogens with zero attached hydrogens (tertiary/aromatic N) is 1. The summed E-state index contributed by atoms with van der Waals surface area (Å²) in [5, 5.41) is 0. The first-order valence-electron chi connectivity index (χ1n) is 5.98. The van der Waals surface area contributed by atoms with E-state index in [1.165, 1.54) is 11.8 Å². The number of carbonyl (C=O) groups excluding carboxylic acids is 1. The molecule has 0 fully saturated rings. The summed E-state index contributed by atoms with van der Waals surface area (Å²) < 4.78 is 5.65. The Morgan fingerprint density at radius 1 is 1.44 bits per heavy atom. The van der Waals surface area contributed by atoms with E-state index in [1.54, 1.807) is 12.3 Å².